The molecule has 0 radical (unpaired) electrons. The first-order valence-electron chi connectivity index (χ1n) is 8.15. The van der Waals surface area contributed by atoms with Gasteiger partial charge in [-0.1, -0.05) is 12.1 Å². The Morgan fingerprint density at radius 1 is 1.24 bits per heavy atom. The average Bonchev–Trinajstić information content (AvgIpc) is 2.93. The summed E-state index contributed by atoms with van der Waals surface area (Å²) in [7, 11) is 1.67. The number of aromatic nitrogens is 3. The van der Waals surface area contributed by atoms with Crippen LogP contribution in [0.4, 0.5) is 0 Å². The van der Waals surface area contributed by atoms with Crippen LogP contribution in [0, 0.1) is 0 Å². The van der Waals surface area contributed by atoms with Gasteiger partial charge in [-0.15, -0.1) is 0 Å². The number of nitrogens with zero attached hydrogens (tertiary/aromatic N) is 2. The second-order valence-corrected chi connectivity index (χ2v) is 7.52. The van der Waals surface area contributed by atoms with Crippen LogP contribution in [0.5, 0.6) is 5.75 Å². The van der Waals surface area contributed by atoms with Crippen molar-refractivity contribution in [2.24, 2.45) is 0 Å². The van der Waals surface area contributed by atoms with Crippen molar-refractivity contribution < 1.29 is 9.29 Å². The quantitative estimate of drug-likeness (QED) is 0.440. The van der Waals surface area contributed by atoms with E-state index in [-0.39, 0.29) is 34.8 Å². The Balaban J connectivity index is 0.00000182. The van der Waals surface area contributed by atoms with E-state index in [1.165, 1.54) is 0 Å². The van der Waals surface area contributed by atoms with Crippen LogP contribution >= 0.6 is 0 Å². The first-order valence-corrected chi connectivity index (χ1v) is 9.36. The number of pyridine rings is 1. The van der Waals surface area contributed by atoms with Gasteiger partial charge in [-0.25, -0.2) is 0 Å². The summed E-state index contributed by atoms with van der Waals surface area (Å²) in [5.74, 6) is 0.841. The monoisotopic (exact) mass is 365 g/mol. The molecule has 1 N–H and O–H groups in total. The van der Waals surface area contributed by atoms with E-state index < -0.39 is 11.2 Å². The molecule has 0 saturated carbocycles. The molecular weight excluding hydrogens is 345 g/mol. The van der Waals surface area contributed by atoms with Gasteiger partial charge in [-0.2, -0.15) is 4.98 Å². The van der Waals surface area contributed by atoms with Crippen molar-refractivity contribution >= 4 is 51.8 Å². The van der Waals surface area contributed by atoms with Crippen LogP contribution in [-0.4, -0.2) is 56.2 Å². The van der Waals surface area contributed by atoms with E-state index in [0.717, 1.165) is 53.7 Å². The predicted octanol–water partition coefficient (Wildman–Crippen LogP) is 2.89. The Kier molecular flexibility index (Phi) is 6.07. The zero-order chi connectivity index (χ0) is 16.5. The number of hydrogen-bond acceptors (Lipinski definition) is 4. The third-order valence-corrected chi connectivity index (χ3v) is 6.08. The van der Waals surface area contributed by atoms with Crippen molar-refractivity contribution in [3.8, 4) is 5.75 Å². The molecule has 5 nitrogen and oxygen atoms in total. The summed E-state index contributed by atoms with van der Waals surface area (Å²) in [5, 5.41) is 0.372. The molecule has 1 aromatic carbocycles. The molecule has 0 saturated heterocycles. The van der Waals surface area contributed by atoms with Crippen molar-refractivity contribution in [2.75, 3.05) is 7.11 Å². The number of fused-ring (bicyclic) bond motifs is 2. The number of aromatic amines is 1. The van der Waals surface area contributed by atoms with Crippen LogP contribution in [-0.2, 0) is 17.6 Å². The van der Waals surface area contributed by atoms with E-state index in [1.54, 1.807) is 13.3 Å². The molecule has 126 valence electrons. The topological polar surface area (TPSA) is 73.9 Å². The third-order valence-electron chi connectivity index (χ3n) is 4.53. The number of H-pyrrole nitrogens is 1. The number of nitrogens with one attached hydrogen (secondary N) is 1. The van der Waals surface area contributed by atoms with E-state index in [9.17, 15) is 4.55 Å². The van der Waals surface area contributed by atoms with Gasteiger partial charge in [0.2, 0.25) is 0 Å². The summed E-state index contributed by atoms with van der Waals surface area (Å²) in [6, 6.07) is 9.63. The molecule has 25 heavy (non-hydrogen) atoms. The molecule has 0 fully saturated rings. The van der Waals surface area contributed by atoms with Crippen molar-refractivity contribution in [1.29, 1.82) is 0 Å². The molecular formula is C18H20N3NaO2S. The van der Waals surface area contributed by atoms with Gasteiger partial charge in [0.15, 0.2) is 5.25 Å². The Hall–Kier alpha value is -1.05. The molecule has 2 aromatic heterocycles. The normalized spacial score (nSPS) is 18.1. The average molecular weight is 365 g/mol. The van der Waals surface area contributed by atoms with E-state index in [2.05, 4.69) is 15.0 Å². The molecule has 7 heteroatoms. The first-order chi connectivity index (χ1) is 11.8. The van der Waals surface area contributed by atoms with Crippen LogP contribution in [0.3, 0.4) is 0 Å². The number of imidazole rings is 1. The summed E-state index contributed by atoms with van der Waals surface area (Å²) < 4.78 is 18.7. The van der Waals surface area contributed by atoms with E-state index >= 15 is 0 Å². The van der Waals surface area contributed by atoms with Gasteiger partial charge < -0.3 is 9.29 Å². The summed E-state index contributed by atoms with van der Waals surface area (Å²) in [5.41, 5.74) is 3.74. The number of methoxy groups -OCH3 is 1. The summed E-state index contributed by atoms with van der Waals surface area (Å²) in [4.78, 5) is 12.3. The molecule has 3 aromatic rings. The molecule has 1 aliphatic rings. The Morgan fingerprint density at radius 3 is 2.88 bits per heavy atom. The number of ether oxygens (including phenoxy) is 1. The summed E-state index contributed by atoms with van der Waals surface area (Å²) in [6.45, 7) is 0. The SMILES string of the molecule is COc1ccnc2c1CCCC[C@H]2[S+]([O-])c1nc2ccccc2[nH]1.[NaH]. The second-order valence-electron chi connectivity index (χ2n) is 5.97. The molecule has 2 heterocycles. The maximum absolute atomic E-state index is 13.2. The van der Waals surface area contributed by atoms with Gasteiger partial charge in [0.05, 0.1) is 23.8 Å². The molecule has 4 rings (SSSR count). The van der Waals surface area contributed by atoms with Gasteiger partial charge in [0.25, 0.3) is 0 Å². The third kappa shape index (κ3) is 3.59. The summed E-state index contributed by atoms with van der Waals surface area (Å²) in [6.07, 6.45) is 5.59. The van der Waals surface area contributed by atoms with Crippen molar-refractivity contribution in [2.45, 2.75) is 36.1 Å². The standard InChI is InChI=1S/C18H19N3O2S.Na.H/c1-23-15-10-11-19-17-12(15)6-2-5-9-16(17)24(22)18-20-13-7-3-4-8-14(13)21-18;;/h3-4,7-8,10-11,16H,2,5-6,9H2,1H3,(H,20,21);;/t16-,24?;;/m1../s1. The van der Waals surface area contributed by atoms with Gasteiger partial charge in [0.1, 0.15) is 5.75 Å². The van der Waals surface area contributed by atoms with E-state index in [4.69, 9.17) is 4.74 Å². The van der Waals surface area contributed by atoms with Crippen LogP contribution in [0.15, 0.2) is 41.7 Å². The van der Waals surface area contributed by atoms with Gasteiger partial charge in [-0.3, -0.25) is 9.97 Å². The van der Waals surface area contributed by atoms with E-state index in [0.29, 0.717) is 5.16 Å². The van der Waals surface area contributed by atoms with Crippen LogP contribution in [0.2, 0.25) is 0 Å². The zero-order valence-electron chi connectivity index (χ0n) is 13.5. The molecule has 1 unspecified atom stereocenters. The molecule has 0 spiro atoms. The Morgan fingerprint density at radius 2 is 2.08 bits per heavy atom. The number of rotatable bonds is 3. The minimum absolute atomic E-state index is 0. The molecule has 0 aliphatic heterocycles. The molecule has 0 bridgehead atoms. The van der Waals surface area contributed by atoms with E-state index in [1.807, 2.05) is 30.3 Å². The fraction of sp³-hybridized carbons (Fsp3) is 0.333. The van der Waals surface area contributed by atoms with Gasteiger partial charge in [0, 0.05) is 29.4 Å². The van der Waals surface area contributed by atoms with Crippen LogP contribution in [0.1, 0.15) is 35.8 Å². The number of benzene rings is 1. The minimum atomic E-state index is -1.27. The molecule has 2 atom stereocenters. The van der Waals surface area contributed by atoms with Crippen molar-refractivity contribution in [1.82, 2.24) is 15.0 Å². The first kappa shape index (κ1) is 18.7. The fourth-order valence-corrected chi connectivity index (χ4v) is 4.80. The summed E-state index contributed by atoms with van der Waals surface area (Å²) >= 11 is -1.27. The van der Waals surface area contributed by atoms with Crippen molar-refractivity contribution in [3.63, 3.8) is 0 Å². The molecule has 0 amide bonds. The van der Waals surface area contributed by atoms with Gasteiger partial charge in [-0.05, 0) is 37.5 Å². The predicted molar refractivity (Wildman–Crippen MR) is 101 cm³/mol. The Labute approximate surface area is 172 Å². The second kappa shape index (κ2) is 8.10. The maximum atomic E-state index is 13.2. The fourth-order valence-electron chi connectivity index (χ4n) is 3.35. The zero-order valence-corrected chi connectivity index (χ0v) is 14.3. The molecule has 1 aliphatic carbocycles. The van der Waals surface area contributed by atoms with Crippen molar-refractivity contribution in [3.05, 3.63) is 47.8 Å². The van der Waals surface area contributed by atoms with Gasteiger partial charge >= 0.3 is 34.7 Å². The Bertz CT molecular complexity index is 837. The van der Waals surface area contributed by atoms with Crippen LogP contribution in [0.25, 0.3) is 11.0 Å². The number of para-hydroxylation sites is 2. The van der Waals surface area contributed by atoms with Crippen LogP contribution < -0.4 is 4.74 Å². The number of hydrogen-bond donors (Lipinski definition) is 1.